The molecule has 0 saturated carbocycles. The maximum absolute atomic E-state index is 13.0. The minimum Gasteiger partial charge on any atom is -0.462 e. The van der Waals surface area contributed by atoms with Gasteiger partial charge in [-0.25, -0.2) is 9.13 Å². The third kappa shape index (κ3) is 65.1. The number of phosphoric ester groups is 2. The highest BCUT2D eigenvalue weighted by molar-refractivity contribution is 7.47. The molecule has 0 amide bonds. The topological polar surface area (TPSA) is 237 Å². The fraction of sp³-hybridized carbons (Fsp3) is 0.944. The zero-order valence-corrected chi connectivity index (χ0v) is 61.3. The van der Waals surface area contributed by atoms with Crippen molar-refractivity contribution in [2.24, 2.45) is 23.7 Å². The smallest absolute Gasteiger partial charge is 0.462 e. The molecular formula is C72H140O17P2. The predicted molar refractivity (Wildman–Crippen MR) is 367 cm³/mol. The Morgan fingerprint density at radius 1 is 0.308 bits per heavy atom. The van der Waals surface area contributed by atoms with Gasteiger partial charge in [-0.15, -0.1) is 0 Å². The van der Waals surface area contributed by atoms with Gasteiger partial charge >= 0.3 is 39.5 Å². The first kappa shape index (κ1) is 89.1. The van der Waals surface area contributed by atoms with Crippen LogP contribution in [0.2, 0.25) is 0 Å². The summed E-state index contributed by atoms with van der Waals surface area (Å²) in [5.74, 6) is 0.890. The van der Waals surface area contributed by atoms with Crippen LogP contribution in [0.5, 0.6) is 0 Å². The monoisotopic (exact) mass is 1340 g/mol. The van der Waals surface area contributed by atoms with Crippen LogP contribution < -0.4 is 0 Å². The lowest BCUT2D eigenvalue weighted by atomic mass is 9.99. The van der Waals surface area contributed by atoms with Crippen LogP contribution in [0.25, 0.3) is 0 Å². The Labute approximate surface area is 556 Å². The van der Waals surface area contributed by atoms with Crippen LogP contribution in [0.1, 0.15) is 357 Å². The van der Waals surface area contributed by atoms with Crippen molar-refractivity contribution in [1.82, 2.24) is 0 Å². The maximum atomic E-state index is 13.0. The Kier molecular flexibility index (Phi) is 60.3. The normalized spacial score (nSPS) is 14.5. The Balaban J connectivity index is 5.26. The zero-order valence-electron chi connectivity index (χ0n) is 59.5. The fourth-order valence-corrected chi connectivity index (χ4v) is 12.4. The number of aliphatic hydroxyl groups excluding tert-OH is 1. The number of carbonyl (C=O) groups excluding carboxylic acids is 4. The summed E-state index contributed by atoms with van der Waals surface area (Å²) < 4.78 is 68.4. The number of rotatable bonds is 69. The Morgan fingerprint density at radius 2 is 0.527 bits per heavy atom. The van der Waals surface area contributed by atoms with E-state index in [-0.39, 0.29) is 25.7 Å². The lowest BCUT2D eigenvalue weighted by Gasteiger charge is -2.21. The molecule has 0 rings (SSSR count). The van der Waals surface area contributed by atoms with E-state index >= 15 is 0 Å². The molecule has 6 atom stereocenters. The number of esters is 4. The van der Waals surface area contributed by atoms with Crippen molar-refractivity contribution in [1.29, 1.82) is 0 Å². The first-order valence-electron chi connectivity index (χ1n) is 37.2. The molecule has 0 aromatic carbocycles. The number of ether oxygens (including phenoxy) is 4. The van der Waals surface area contributed by atoms with Gasteiger partial charge < -0.3 is 33.8 Å². The highest BCUT2D eigenvalue weighted by Crippen LogP contribution is 2.45. The lowest BCUT2D eigenvalue weighted by molar-refractivity contribution is -0.161. The number of carbonyl (C=O) groups is 4. The van der Waals surface area contributed by atoms with Gasteiger partial charge in [-0.3, -0.25) is 37.3 Å². The number of hydrogen-bond acceptors (Lipinski definition) is 15. The second-order valence-electron chi connectivity index (χ2n) is 27.6. The molecule has 540 valence electrons. The third-order valence-electron chi connectivity index (χ3n) is 16.9. The van der Waals surface area contributed by atoms with Gasteiger partial charge in [0.1, 0.15) is 19.3 Å². The van der Waals surface area contributed by atoms with Gasteiger partial charge in [0.2, 0.25) is 0 Å². The van der Waals surface area contributed by atoms with Gasteiger partial charge in [-0.1, -0.05) is 306 Å². The van der Waals surface area contributed by atoms with E-state index in [1.807, 2.05) is 0 Å². The van der Waals surface area contributed by atoms with E-state index in [9.17, 15) is 43.2 Å². The van der Waals surface area contributed by atoms with Crippen LogP contribution in [0.15, 0.2) is 0 Å². The molecule has 17 nitrogen and oxygen atoms in total. The summed E-state index contributed by atoms with van der Waals surface area (Å²) in [5.41, 5.74) is 0. The van der Waals surface area contributed by atoms with Crippen molar-refractivity contribution >= 4 is 39.5 Å². The van der Waals surface area contributed by atoms with Gasteiger partial charge in [0.15, 0.2) is 12.2 Å². The molecule has 0 saturated heterocycles. The fourth-order valence-electron chi connectivity index (χ4n) is 10.8. The Bertz CT molecular complexity index is 1800. The molecular weight excluding hydrogens is 1200 g/mol. The first-order valence-corrected chi connectivity index (χ1v) is 40.2. The summed E-state index contributed by atoms with van der Waals surface area (Å²) in [7, 11) is -9.91. The number of unbranched alkanes of at least 4 members (excludes halogenated alkanes) is 34. The van der Waals surface area contributed by atoms with Crippen LogP contribution in [-0.4, -0.2) is 96.7 Å². The molecule has 0 aromatic heterocycles. The SMILES string of the molecule is CCC(C)CCCCCCCCCCCCC(=O)O[C@H](COC(=O)CCCCCCCCC(C)C)COP(=O)(O)OC[C@H](O)COP(=O)(O)OC[C@@H](COC(=O)CCCCCCCCCCCCC(C)C)OC(=O)CCCCCCCCCCCCCCC(C)C. The van der Waals surface area contributed by atoms with Crippen molar-refractivity contribution in [2.75, 3.05) is 39.6 Å². The molecule has 91 heavy (non-hydrogen) atoms. The van der Waals surface area contributed by atoms with Gasteiger partial charge in [0.25, 0.3) is 0 Å². The van der Waals surface area contributed by atoms with Crippen molar-refractivity contribution in [2.45, 2.75) is 375 Å². The van der Waals surface area contributed by atoms with E-state index < -0.39 is 97.5 Å². The van der Waals surface area contributed by atoms with Crippen LogP contribution in [0.3, 0.4) is 0 Å². The van der Waals surface area contributed by atoms with Crippen LogP contribution in [0.4, 0.5) is 0 Å². The van der Waals surface area contributed by atoms with E-state index in [0.29, 0.717) is 31.6 Å². The van der Waals surface area contributed by atoms with E-state index in [1.54, 1.807) is 0 Å². The summed E-state index contributed by atoms with van der Waals surface area (Å²) in [6.45, 7) is 14.1. The highest BCUT2D eigenvalue weighted by atomic mass is 31.2. The standard InChI is InChI=1S/C72H140O17P2/c1-9-65(8)51-43-35-26-20-15-17-23-29-39-47-55-72(77)89-68(59-83-70(75)53-45-37-31-30-34-42-50-64(6)7)61-87-91(80,81)85-57-66(73)56-84-90(78,79)86-60-67(58-82-69(74)52-44-36-27-21-16-14-19-25-33-41-49-63(4)5)88-71(76)54-46-38-28-22-13-11-10-12-18-24-32-40-48-62(2)3/h62-68,73H,9-61H2,1-8H3,(H,78,79)(H,80,81)/t65?,66-,67-,68-/m1/s1. The summed E-state index contributed by atoms with van der Waals surface area (Å²) in [6.07, 6.45) is 44.4. The average molecular weight is 1340 g/mol. The van der Waals surface area contributed by atoms with Gasteiger partial charge in [0.05, 0.1) is 26.4 Å². The van der Waals surface area contributed by atoms with Crippen molar-refractivity contribution in [3.63, 3.8) is 0 Å². The molecule has 0 aliphatic rings. The summed E-state index contributed by atoms with van der Waals surface area (Å²) in [4.78, 5) is 72.6. The summed E-state index contributed by atoms with van der Waals surface area (Å²) >= 11 is 0. The van der Waals surface area contributed by atoms with Crippen LogP contribution >= 0.6 is 15.6 Å². The molecule has 0 aliphatic heterocycles. The molecule has 0 bridgehead atoms. The van der Waals surface area contributed by atoms with Gasteiger partial charge in [0, 0.05) is 25.7 Å². The minimum absolute atomic E-state index is 0.105. The Morgan fingerprint density at radius 3 is 0.780 bits per heavy atom. The quantitative estimate of drug-likeness (QED) is 0.0222. The van der Waals surface area contributed by atoms with E-state index in [1.165, 1.54) is 154 Å². The average Bonchev–Trinajstić information content (AvgIpc) is 2.14. The van der Waals surface area contributed by atoms with Gasteiger partial charge in [-0.05, 0) is 49.4 Å². The van der Waals surface area contributed by atoms with Crippen molar-refractivity contribution < 1.29 is 80.2 Å². The highest BCUT2D eigenvalue weighted by Gasteiger charge is 2.30. The number of phosphoric acid groups is 2. The van der Waals surface area contributed by atoms with Crippen LogP contribution in [0, 0.1) is 23.7 Å². The molecule has 0 fully saturated rings. The molecule has 0 radical (unpaired) electrons. The van der Waals surface area contributed by atoms with E-state index in [0.717, 1.165) is 114 Å². The second-order valence-corrected chi connectivity index (χ2v) is 30.6. The molecule has 3 N–H and O–H groups in total. The minimum atomic E-state index is -4.95. The summed E-state index contributed by atoms with van der Waals surface area (Å²) in [6, 6.07) is 0. The number of hydrogen-bond donors (Lipinski definition) is 3. The van der Waals surface area contributed by atoms with Crippen LogP contribution in [-0.2, 0) is 65.4 Å². The van der Waals surface area contributed by atoms with Gasteiger partial charge in [-0.2, -0.15) is 0 Å². The second kappa shape index (κ2) is 61.6. The molecule has 0 heterocycles. The molecule has 0 aliphatic carbocycles. The molecule has 19 heteroatoms. The Hall–Kier alpha value is -1.94. The molecule has 3 unspecified atom stereocenters. The van der Waals surface area contributed by atoms with E-state index in [2.05, 4.69) is 55.4 Å². The lowest BCUT2D eigenvalue weighted by Crippen LogP contribution is -2.30. The molecule has 0 spiro atoms. The maximum Gasteiger partial charge on any atom is 0.472 e. The number of aliphatic hydroxyl groups is 1. The van der Waals surface area contributed by atoms with Crippen molar-refractivity contribution in [3.05, 3.63) is 0 Å². The summed E-state index contributed by atoms with van der Waals surface area (Å²) in [5, 5.41) is 10.6. The van der Waals surface area contributed by atoms with E-state index in [4.69, 9.17) is 37.0 Å². The molecule has 0 aromatic rings. The zero-order chi connectivity index (χ0) is 67.5. The predicted octanol–water partition coefficient (Wildman–Crippen LogP) is 20.5. The largest absolute Gasteiger partial charge is 0.472 e. The van der Waals surface area contributed by atoms with Crippen molar-refractivity contribution in [3.8, 4) is 0 Å². The third-order valence-corrected chi connectivity index (χ3v) is 18.8. The first-order chi connectivity index (χ1) is 43.6.